The van der Waals surface area contributed by atoms with Crippen molar-refractivity contribution < 1.29 is 18.8 Å². The number of ether oxygens (including phenoxy) is 1. The first-order valence-corrected chi connectivity index (χ1v) is 11.7. The van der Waals surface area contributed by atoms with Crippen molar-refractivity contribution in [1.82, 2.24) is 0 Å². The van der Waals surface area contributed by atoms with E-state index < -0.39 is 11.5 Å². The maximum absolute atomic E-state index is 13.3. The van der Waals surface area contributed by atoms with Crippen LogP contribution in [0.5, 0.6) is 0 Å². The minimum atomic E-state index is -1.17. The van der Waals surface area contributed by atoms with E-state index in [1.165, 1.54) is 0 Å². The van der Waals surface area contributed by atoms with E-state index >= 15 is 0 Å². The monoisotopic (exact) mass is 441 g/mol. The smallest absolute Gasteiger partial charge is 0.457 e. The zero-order chi connectivity index (χ0) is 23.6. The van der Waals surface area contributed by atoms with Crippen molar-refractivity contribution in [2.24, 2.45) is 22.9 Å². The van der Waals surface area contributed by atoms with Gasteiger partial charge in [-0.2, -0.15) is 0 Å². The van der Waals surface area contributed by atoms with Crippen molar-refractivity contribution in [2.45, 2.75) is 90.5 Å². The standard InChI is InChI=1S/C24H36BN3O4/c1-17-15-24(27-28-26,21(29)30-16-19-11-8-7-9-12-19)20(18(17)2)13-10-14-25-31-22(3,4)23(5,6)32-25/h7-9,11-12,17-18,20H,10,13-16H2,1-6H3/t17-,18-,20?,24?/m1/s1. The van der Waals surface area contributed by atoms with Gasteiger partial charge in [0, 0.05) is 4.91 Å². The first kappa shape index (κ1) is 24.6. The Hall–Kier alpha value is -2.02. The summed E-state index contributed by atoms with van der Waals surface area (Å²) in [5.41, 5.74) is 8.37. The summed E-state index contributed by atoms with van der Waals surface area (Å²) >= 11 is 0. The van der Waals surface area contributed by atoms with E-state index in [0.717, 1.165) is 24.7 Å². The lowest BCUT2D eigenvalue weighted by Crippen LogP contribution is -2.42. The van der Waals surface area contributed by atoms with Crippen LogP contribution >= 0.6 is 0 Å². The van der Waals surface area contributed by atoms with Crippen molar-refractivity contribution in [3.05, 3.63) is 46.3 Å². The molecule has 7 nitrogen and oxygen atoms in total. The van der Waals surface area contributed by atoms with Crippen molar-refractivity contribution in [1.29, 1.82) is 0 Å². The van der Waals surface area contributed by atoms with E-state index in [-0.39, 0.29) is 42.7 Å². The third-order valence-electron chi connectivity index (χ3n) is 7.83. The van der Waals surface area contributed by atoms with Gasteiger partial charge in [-0.3, -0.25) is 4.79 Å². The quantitative estimate of drug-likeness (QED) is 0.164. The van der Waals surface area contributed by atoms with Crippen LogP contribution in [0, 0.1) is 17.8 Å². The summed E-state index contributed by atoms with van der Waals surface area (Å²) in [5, 5.41) is 4.09. The van der Waals surface area contributed by atoms with Gasteiger partial charge in [0.1, 0.15) is 12.1 Å². The van der Waals surface area contributed by atoms with Gasteiger partial charge < -0.3 is 14.0 Å². The molecule has 3 rings (SSSR count). The lowest BCUT2D eigenvalue weighted by atomic mass is 9.75. The molecule has 1 aromatic carbocycles. The summed E-state index contributed by atoms with van der Waals surface area (Å²) in [4.78, 5) is 16.4. The molecule has 1 saturated carbocycles. The summed E-state index contributed by atoms with van der Waals surface area (Å²) in [6, 6.07) is 9.56. The van der Waals surface area contributed by atoms with Gasteiger partial charge in [-0.25, -0.2) is 0 Å². The first-order chi connectivity index (χ1) is 15.0. The summed E-state index contributed by atoms with van der Waals surface area (Å²) in [6.45, 7) is 12.6. The molecule has 2 unspecified atom stereocenters. The third-order valence-corrected chi connectivity index (χ3v) is 7.83. The van der Waals surface area contributed by atoms with Crippen LogP contribution in [0.1, 0.15) is 66.4 Å². The Labute approximate surface area is 192 Å². The summed E-state index contributed by atoms with van der Waals surface area (Å²) in [6.07, 6.45) is 2.80. The molecule has 1 heterocycles. The van der Waals surface area contributed by atoms with Crippen LogP contribution in [0.2, 0.25) is 6.32 Å². The highest BCUT2D eigenvalue weighted by atomic mass is 16.7. The molecule has 8 heteroatoms. The van der Waals surface area contributed by atoms with Crippen molar-refractivity contribution in [3.8, 4) is 0 Å². The summed E-state index contributed by atoms with van der Waals surface area (Å²) in [5.74, 6) is -0.00947. The molecular weight excluding hydrogens is 405 g/mol. The Morgan fingerprint density at radius 3 is 2.41 bits per heavy atom. The zero-order valence-corrected chi connectivity index (χ0v) is 20.2. The lowest BCUT2D eigenvalue weighted by molar-refractivity contribution is -0.153. The number of nitrogens with zero attached hydrogens (tertiary/aromatic N) is 3. The number of hydrogen-bond donors (Lipinski definition) is 0. The molecule has 174 valence electrons. The van der Waals surface area contributed by atoms with Crippen LogP contribution < -0.4 is 0 Å². The topological polar surface area (TPSA) is 93.5 Å². The molecular formula is C24H36BN3O4. The highest BCUT2D eigenvalue weighted by Crippen LogP contribution is 2.50. The number of carbonyl (C=O) groups excluding carboxylic acids is 1. The molecule has 1 aromatic rings. The van der Waals surface area contributed by atoms with E-state index in [0.29, 0.717) is 6.42 Å². The van der Waals surface area contributed by atoms with Crippen LogP contribution in [0.3, 0.4) is 0 Å². The van der Waals surface area contributed by atoms with Crippen molar-refractivity contribution in [2.75, 3.05) is 0 Å². The second-order valence-electron chi connectivity index (χ2n) is 10.4. The summed E-state index contributed by atoms with van der Waals surface area (Å²) in [7, 11) is -0.270. The van der Waals surface area contributed by atoms with E-state index in [2.05, 4.69) is 23.9 Å². The first-order valence-electron chi connectivity index (χ1n) is 11.7. The maximum atomic E-state index is 13.3. The highest BCUT2D eigenvalue weighted by Gasteiger charge is 2.56. The normalized spacial score (nSPS) is 30.7. The van der Waals surface area contributed by atoms with E-state index in [1.807, 2.05) is 58.0 Å². The average molecular weight is 441 g/mol. The molecule has 2 aliphatic rings. The largest absolute Gasteiger partial charge is 0.460 e. The van der Waals surface area contributed by atoms with Crippen molar-refractivity contribution in [3.63, 3.8) is 0 Å². The van der Waals surface area contributed by atoms with Gasteiger partial charge in [-0.05, 0) is 75.7 Å². The number of benzene rings is 1. The van der Waals surface area contributed by atoms with Crippen LogP contribution in [0.15, 0.2) is 35.4 Å². The van der Waals surface area contributed by atoms with Gasteiger partial charge in [0.05, 0.1) is 11.2 Å². The minimum absolute atomic E-state index is 0.0842. The van der Waals surface area contributed by atoms with Crippen molar-refractivity contribution >= 4 is 13.1 Å². The zero-order valence-electron chi connectivity index (χ0n) is 20.2. The molecule has 0 spiro atoms. The minimum Gasteiger partial charge on any atom is -0.460 e. The Bertz CT molecular complexity index is 840. The number of rotatable bonds is 8. The molecule has 1 saturated heterocycles. The molecule has 0 radical (unpaired) electrons. The van der Waals surface area contributed by atoms with Crippen LogP contribution in [-0.2, 0) is 25.4 Å². The fourth-order valence-electron chi connectivity index (χ4n) is 5.07. The number of carbonyl (C=O) groups is 1. The highest BCUT2D eigenvalue weighted by molar-refractivity contribution is 6.45. The number of hydrogen-bond acceptors (Lipinski definition) is 5. The molecule has 1 aliphatic carbocycles. The number of esters is 1. The number of azide groups is 1. The fourth-order valence-corrected chi connectivity index (χ4v) is 5.07. The maximum Gasteiger partial charge on any atom is 0.457 e. The van der Waals surface area contributed by atoms with Gasteiger partial charge >= 0.3 is 13.1 Å². The average Bonchev–Trinajstić information content (AvgIpc) is 3.10. The molecule has 2 fully saturated rings. The van der Waals surface area contributed by atoms with Gasteiger partial charge in [0.25, 0.3) is 0 Å². The Morgan fingerprint density at radius 2 is 1.81 bits per heavy atom. The lowest BCUT2D eigenvalue weighted by Gasteiger charge is -2.32. The predicted octanol–water partition coefficient (Wildman–Crippen LogP) is 5.94. The molecule has 32 heavy (non-hydrogen) atoms. The van der Waals surface area contributed by atoms with Gasteiger partial charge in [-0.1, -0.05) is 55.7 Å². The van der Waals surface area contributed by atoms with E-state index in [9.17, 15) is 10.3 Å². The molecule has 1 aliphatic heterocycles. The third kappa shape index (κ3) is 4.83. The van der Waals surface area contributed by atoms with Gasteiger partial charge in [-0.15, -0.1) is 0 Å². The molecule has 0 bridgehead atoms. The van der Waals surface area contributed by atoms with Crippen LogP contribution in [-0.4, -0.2) is 29.8 Å². The predicted molar refractivity (Wildman–Crippen MR) is 125 cm³/mol. The Balaban J connectivity index is 1.69. The molecule has 0 amide bonds. The second kappa shape index (κ2) is 9.46. The SMILES string of the molecule is C[C@@H]1CC(N=[N+]=[N-])(C(=O)OCc2ccccc2)C(CCCB2OC(C)(C)C(C)(C)O2)[C@@H]1C. The second-order valence-corrected chi connectivity index (χ2v) is 10.4. The van der Waals surface area contributed by atoms with Gasteiger partial charge in [0.2, 0.25) is 0 Å². The van der Waals surface area contributed by atoms with E-state index in [1.54, 1.807) is 0 Å². The summed E-state index contributed by atoms with van der Waals surface area (Å²) < 4.78 is 17.9. The molecule has 0 aromatic heterocycles. The van der Waals surface area contributed by atoms with Crippen LogP contribution in [0.4, 0.5) is 0 Å². The molecule has 4 atom stereocenters. The van der Waals surface area contributed by atoms with Gasteiger partial charge in [0.15, 0.2) is 0 Å². The van der Waals surface area contributed by atoms with Crippen LogP contribution in [0.25, 0.3) is 10.4 Å². The fraction of sp³-hybridized carbons (Fsp3) is 0.708. The Kier molecular flexibility index (Phi) is 7.28. The molecule has 0 N–H and O–H groups in total. The Morgan fingerprint density at radius 1 is 1.19 bits per heavy atom. The van der Waals surface area contributed by atoms with E-state index in [4.69, 9.17) is 14.0 Å².